The number of aryl methyl sites for hydroxylation is 1. The van der Waals surface area contributed by atoms with Crippen LogP contribution in [0.25, 0.3) is 0 Å². The van der Waals surface area contributed by atoms with Crippen molar-refractivity contribution in [3.8, 4) is 0 Å². The minimum absolute atomic E-state index is 0.891. The van der Waals surface area contributed by atoms with Gasteiger partial charge in [0.15, 0.2) is 0 Å². The molecule has 1 aromatic carbocycles. The summed E-state index contributed by atoms with van der Waals surface area (Å²) < 4.78 is 0. The third kappa shape index (κ3) is 11.2. The third-order valence-electron chi connectivity index (χ3n) is 6.47. The zero-order chi connectivity index (χ0) is 23.7. The van der Waals surface area contributed by atoms with Gasteiger partial charge in [-0.3, -0.25) is 4.90 Å². The second-order valence-electron chi connectivity index (χ2n) is 9.62. The van der Waals surface area contributed by atoms with Crippen molar-refractivity contribution < 1.29 is 0 Å². The van der Waals surface area contributed by atoms with Crippen molar-refractivity contribution in [3.05, 3.63) is 70.2 Å². The number of hydrogen-bond acceptors (Lipinski definition) is 2. The molecule has 1 fully saturated rings. The van der Waals surface area contributed by atoms with E-state index in [1.54, 1.807) is 0 Å². The Balaban J connectivity index is 0.000000234. The Morgan fingerprint density at radius 3 is 1.88 bits per heavy atom. The van der Waals surface area contributed by atoms with E-state index in [0.29, 0.717) is 0 Å². The average molecular weight is 449 g/mol. The summed E-state index contributed by atoms with van der Waals surface area (Å²) in [6.07, 6.45) is 15.8. The molecule has 1 aliphatic heterocycles. The summed E-state index contributed by atoms with van der Waals surface area (Å²) in [6.45, 7) is 14.6. The highest BCUT2D eigenvalue weighted by atomic mass is 15.2. The molecule has 1 N–H and O–H groups in total. The molecular formula is C31H48N2. The zero-order valence-corrected chi connectivity index (χ0v) is 21.9. The van der Waals surface area contributed by atoms with Gasteiger partial charge in [-0.15, -0.1) is 0 Å². The van der Waals surface area contributed by atoms with Crippen molar-refractivity contribution >= 4 is 0 Å². The van der Waals surface area contributed by atoms with Gasteiger partial charge in [0.25, 0.3) is 0 Å². The van der Waals surface area contributed by atoms with Crippen LogP contribution in [0.15, 0.2) is 59.0 Å². The molecule has 1 heterocycles. The predicted molar refractivity (Wildman–Crippen MR) is 145 cm³/mol. The number of piperazine rings is 1. The Morgan fingerprint density at radius 1 is 0.758 bits per heavy atom. The monoisotopic (exact) mass is 448 g/mol. The van der Waals surface area contributed by atoms with Crippen molar-refractivity contribution in [1.82, 2.24) is 10.2 Å². The highest BCUT2D eigenvalue weighted by Crippen LogP contribution is 2.20. The molecule has 0 radical (unpaired) electrons. The first-order valence-corrected chi connectivity index (χ1v) is 13.6. The summed E-state index contributed by atoms with van der Waals surface area (Å²) in [5.74, 6) is 0.891. The lowest BCUT2D eigenvalue weighted by molar-refractivity contribution is 0.261. The van der Waals surface area contributed by atoms with Crippen molar-refractivity contribution in [2.24, 2.45) is 5.92 Å². The smallest absolute Gasteiger partial charge is 0.0314 e. The van der Waals surface area contributed by atoms with Gasteiger partial charge in [-0.2, -0.15) is 0 Å². The van der Waals surface area contributed by atoms with E-state index in [2.05, 4.69) is 85.8 Å². The summed E-state index contributed by atoms with van der Waals surface area (Å²) in [4.78, 5) is 2.47. The number of benzene rings is 1. The average Bonchev–Trinajstić information content (AvgIpc) is 2.83. The summed E-state index contributed by atoms with van der Waals surface area (Å²) in [5, 5.41) is 3.37. The molecule has 0 unspecified atom stereocenters. The summed E-state index contributed by atoms with van der Waals surface area (Å²) >= 11 is 0. The van der Waals surface area contributed by atoms with Crippen molar-refractivity contribution in [2.45, 2.75) is 85.5 Å². The van der Waals surface area contributed by atoms with Crippen LogP contribution in [0.4, 0.5) is 0 Å². The van der Waals surface area contributed by atoms with E-state index in [9.17, 15) is 0 Å². The minimum Gasteiger partial charge on any atom is -0.314 e. The molecule has 33 heavy (non-hydrogen) atoms. The Labute approximate surface area is 204 Å². The largest absolute Gasteiger partial charge is 0.314 e. The standard InChI is InChI=1S/C17H28.C14H20N2/c1-4-7-15-10-12-17(13-11-15)14-16(8-5-2)9-6-3;1-2-3-13-4-6-14(7-5-13)12-16-10-8-15-9-11-16/h10-13,16H,4-9,14H2,1-3H3;4,6,15H,2-3,8-12H2,1H3. The van der Waals surface area contributed by atoms with E-state index in [4.69, 9.17) is 0 Å². The third-order valence-corrected chi connectivity index (χ3v) is 6.47. The van der Waals surface area contributed by atoms with Crippen LogP contribution in [0.5, 0.6) is 0 Å². The maximum atomic E-state index is 3.37. The molecule has 0 spiro atoms. The minimum atomic E-state index is 0.891. The van der Waals surface area contributed by atoms with Crippen LogP contribution in [0.2, 0.25) is 0 Å². The van der Waals surface area contributed by atoms with E-state index in [1.165, 1.54) is 73.6 Å². The van der Waals surface area contributed by atoms with Gasteiger partial charge >= 0.3 is 0 Å². The molecule has 182 valence electrons. The summed E-state index contributed by atoms with van der Waals surface area (Å²) in [6, 6.07) is 9.30. The Bertz CT molecular complexity index is 777. The second kappa shape index (κ2) is 16.7. The first-order chi connectivity index (χ1) is 16.2. The fourth-order valence-electron chi connectivity index (χ4n) is 4.69. The normalized spacial score (nSPS) is 15.8. The van der Waals surface area contributed by atoms with E-state index in [1.807, 2.05) is 0 Å². The molecule has 1 aliphatic carbocycles. The maximum absolute atomic E-state index is 3.37. The topological polar surface area (TPSA) is 15.3 Å². The zero-order valence-electron chi connectivity index (χ0n) is 21.9. The number of rotatable bonds is 12. The second-order valence-corrected chi connectivity index (χ2v) is 9.62. The van der Waals surface area contributed by atoms with Crippen LogP contribution < -0.4 is 5.32 Å². The highest BCUT2D eigenvalue weighted by Gasteiger charge is 2.10. The predicted octanol–water partition coefficient (Wildman–Crippen LogP) is 7.27. The molecule has 0 atom stereocenters. The van der Waals surface area contributed by atoms with Crippen molar-refractivity contribution in [1.29, 1.82) is 0 Å². The van der Waals surface area contributed by atoms with E-state index >= 15 is 0 Å². The molecule has 1 saturated heterocycles. The molecule has 3 rings (SSSR count). The van der Waals surface area contributed by atoms with Gasteiger partial charge in [-0.05, 0) is 48.5 Å². The van der Waals surface area contributed by atoms with Gasteiger partial charge in [0.1, 0.15) is 0 Å². The Kier molecular flexibility index (Phi) is 13.9. The highest BCUT2D eigenvalue weighted by molar-refractivity contribution is 5.33. The number of hydrogen-bond donors (Lipinski definition) is 1. The fraction of sp³-hybridized carbons (Fsp3) is 0.613. The Hall–Kier alpha value is -1.82. The molecule has 0 bridgehead atoms. The lowest BCUT2D eigenvalue weighted by Gasteiger charge is -2.27. The van der Waals surface area contributed by atoms with Crippen LogP contribution in [0, 0.1) is 5.92 Å². The maximum Gasteiger partial charge on any atom is 0.0314 e. The van der Waals surface area contributed by atoms with Gasteiger partial charge in [0.05, 0.1) is 0 Å². The van der Waals surface area contributed by atoms with Crippen LogP contribution >= 0.6 is 0 Å². The first-order valence-electron chi connectivity index (χ1n) is 13.6. The lowest BCUT2D eigenvalue weighted by Crippen LogP contribution is -2.44. The lowest BCUT2D eigenvalue weighted by atomic mass is 9.91. The first kappa shape index (κ1) is 27.4. The molecular weight excluding hydrogens is 400 g/mol. The van der Waals surface area contributed by atoms with Crippen LogP contribution in [0.1, 0.15) is 83.8 Å². The van der Waals surface area contributed by atoms with Gasteiger partial charge in [-0.1, -0.05) is 102 Å². The van der Waals surface area contributed by atoms with E-state index in [-0.39, 0.29) is 0 Å². The Morgan fingerprint density at radius 2 is 1.33 bits per heavy atom. The quantitative estimate of drug-likeness (QED) is 0.338. The molecule has 2 heteroatoms. The van der Waals surface area contributed by atoms with Gasteiger partial charge < -0.3 is 5.32 Å². The molecule has 0 aromatic heterocycles. The fourth-order valence-corrected chi connectivity index (χ4v) is 4.69. The van der Waals surface area contributed by atoms with Crippen LogP contribution in [0.3, 0.4) is 0 Å². The molecule has 1 aromatic rings. The molecule has 2 nitrogen and oxygen atoms in total. The van der Waals surface area contributed by atoms with Crippen molar-refractivity contribution in [2.75, 3.05) is 32.7 Å². The summed E-state index contributed by atoms with van der Waals surface area (Å²) in [7, 11) is 0. The molecule has 2 aliphatic rings. The molecule has 0 amide bonds. The SMILES string of the molecule is CCCC1=C=C=C(CN2CCNCC2)C=C1.CCCc1ccc(CC(CCC)CCC)cc1. The van der Waals surface area contributed by atoms with Crippen LogP contribution in [-0.4, -0.2) is 37.6 Å². The summed E-state index contributed by atoms with van der Waals surface area (Å²) in [5.41, 5.74) is 12.1. The van der Waals surface area contributed by atoms with Crippen molar-refractivity contribution in [3.63, 3.8) is 0 Å². The van der Waals surface area contributed by atoms with E-state index < -0.39 is 0 Å². The van der Waals surface area contributed by atoms with Gasteiger partial charge in [0, 0.05) is 43.9 Å². The van der Waals surface area contributed by atoms with E-state index in [0.717, 1.165) is 45.1 Å². The number of nitrogens with one attached hydrogen (secondary N) is 1. The number of nitrogens with zero attached hydrogens (tertiary/aromatic N) is 1. The van der Waals surface area contributed by atoms with Gasteiger partial charge in [-0.25, -0.2) is 0 Å². The molecule has 0 saturated carbocycles. The van der Waals surface area contributed by atoms with Crippen LogP contribution in [-0.2, 0) is 12.8 Å². The number of allylic oxidation sites excluding steroid dienone is 2. The van der Waals surface area contributed by atoms with Gasteiger partial charge in [0.2, 0.25) is 0 Å².